The molecule has 0 unspecified atom stereocenters. The van der Waals surface area contributed by atoms with Crippen molar-refractivity contribution in [3.63, 3.8) is 0 Å². The summed E-state index contributed by atoms with van der Waals surface area (Å²) in [6.07, 6.45) is 0. The molecule has 1 heterocycles. The lowest BCUT2D eigenvalue weighted by Crippen LogP contribution is -2.46. The van der Waals surface area contributed by atoms with Gasteiger partial charge in [0.15, 0.2) is 0 Å². The lowest BCUT2D eigenvalue weighted by atomic mass is 9.94. The topological polar surface area (TPSA) is 70.2 Å². The maximum Gasteiger partial charge on any atom is 0.319 e. The number of hydrogen-bond donors (Lipinski definition) is 3. The van der Waals surface area contributed by atoms with Crippen LogP contribution in [0.3, 0.4) is 0 Å². The third-order valence-electron chi connectivity index (χ3n) is 4.35. The minimum atomic E-state index is -0.549. The van der Waals surface area contributed by atoms with E-state index < -0.39 is 6.04 Å². The molecular weight excluding hydrogens is 350 g/mol. The highest BCUT2D eigenvalue weighted by Gasteiger charge is 2.31. The van der Waals surface area contributed by atoms with Gasteiger partial charge in [-0.15, -0.1) is 0 Å². The van der Waals surface area contributed by atoms with Gasteiger partial charge in [0.05, 0.1) is 11.6 Å². The summed E-state index contributed by atoms with van der Waals surface area (Å²) >= 11 is 5.95. The molecule has 0 bridgehead atoms. The number of allylic oxidation sites excluding steroid dienone is 1. The van der Waals surface area contributed by atoms with Crippen molar-refractivity contribution in [1.82, 2.24) is 10.6 Å². The third kappa shape index (κ3) is 3.73. The number of amides is 3. The molecule has 26 heavy (non-hydrogen) atoms. The van der Waals surface area contributed by atoms with Crippen molar-refractivity contribution in [2.24, 2.45) is 0 Å². The van der Waals surface area contributed by atoms with Crippen LogP contribution >= 0.6 is 11.6 Å². The van der Waals surface area contributed by atoms with Crippen LogP contribution in [0.1, 0.15) is 29.7 Å². The molecule has 3 rings (SSSR count). The van der Waals surface area contributed by atoms with E-state index in [0.29, 0.717) is 16.3 Å². The van der Waals surface area contributed by atoms with Crippen LogP contribution in [0.4, 0.5) is 10.5 Å². The van der Waals surface area contributed by atoms with E-state index in [2.05, 4.69) is 16.0 Å². The Hall–Kier alpha value is -2.79. The molecule has 2 aromatic carbocycles. The summed E-state index contributed by atoms with van der Waals surface area (Å²) < 4.78 is 0. The fourth-order valence-corrected chi connectivity index (χ4v) is 3.17. The quantitative estimate of drug-likeness (QED) is 0.757. The Balaban J connectivity index is 1.95. The second-order valence-electron chi connectivity index (χ2n) is 6.39. The van der Waals surface area contributed by atoms with Gasteiger partial charge in [0.25, 0.3) is 5.91 Å². The summed E-state index contributed by atoms with van der Waals surface area (Å²) in [6.45, 7) is 5.67. The van der Waals surface area contributed by atoms with Crippen LogP contribution in [-0.4, -0.2) is 11.9 Å². The molecule has 0 aliphatic carbocycles. The van der Waals surface area contributed by atoms with E-state index in [1.54, 1.807) is 31.2 Å². The summed E-state index contributed by atoms with van der Waals surface area (Å²) in [5.74, 6) is -0.262. The molecule has 3 amide bonds. The molecule has 5 nitrogen and oxygen atoms in total. The van der Waals surface area contributed by atoms with E-state index in [-0.39, 0.29) is 11.9 Å². The number of halogens is 1. The van der Waals surface area contributed by atoms with Crippen LogP contribution in [0.25, 0.3) is 0 Å². The number of carbonyl (C=O) groups is 2. The van der Waals surface area contributed by atoms with Crippen molar-refractivity contribution in [2.45, 2.75) is 26.8 Å². The van der Waals surface area contributed by atoms with Gasteiger partial charge in [-0.25, -0.2) is 4.79 Å². The molecule has 2 aromatic rings. The monoisotopic (exact) mass is 369 g/mol. The maximum absolute atomic E-state index is 13.0. The van der Waals surface area contributed by atoms with Gasteiger partial charge in [-0.05, 0) is 50.1 Å². The molecule has 0 aromatic heterocycles. The van der Waals surface area contributed by atoms with Gasteiger partial charge < -0.3 is 16.0 Å². The second-order valence-corrected chi connectivity index (χ2v) is 6.83. The molecule has 0 fully saturated rings. The van der Waals surface area contributed by atoms with Crippen molar-refractivity contribution in [2.75, 3.05) is 5.32 Å². The molecule has 3 N–H and O–H groups in total. The highest BCUT2D eigenvalue weighted by Crippen LogP contribution is 2.29. The smallest absolute Gasteiger partial charge is 0.319 e. The highest BCUT2D eigenvalue weighted by atomic mass is 35.5. The summed E-state index contributed by atoms with van der Waals surface area (Å²) in [5, 5.41) is 9.03. The maximum atomic E-state index is 13.0. The Morgan fingerprint density at radius 1 is 1.08 bits per heavy atom. The minimum Gasteiger partial charge on any atom is -0.327 e. The van der Waals surface area contributed by atoms with Crippen LogP contribution in [0.15, 0.2) is 53.7 Å². The van der Waals surface area contributed by atoms with Gasteiger partial charge in [-0.3, -0.25) is 4.79 Å². The van der Waals surface area contributed by atoms with Crippen LogP contribution in [0, 0.1) is 13.8 Å². The van der Waals surface area contributed by atoms with E-state index in [1.165, 1.54) is 0 Å². The Morgan fingerprint density at radius 3 is 2.42 bits per heavy atom. The first kappa shape index (κ1) is 18.0. The molecule has 0 spiro atoms. The molecule has 134 valence electrons. The summed E-state index contributed by atoms with van der Waals surface area (Å²) in [6, 6.07) is 12.0. The van der Waals surface area contributed by atoms with Gasteiger partial charge >= 0.3 is 6.03 Å². The Bertz CT molecular complexity index is 904. The van der Waals surface area contributed by atoms with Crippen molar-refractivity contribution < 1.29 is 9.59 Å². The molecule has 0 radical (unpaired) electrons. The predicted molar refractivity (Wildman–Crippen MR) is 103 cm³/mol. The van der Waals surface area contributed by atoms with Gasteiger partial charge in [0.2, 0.25) is 0 Å². The zero-order chi connectivity index (χ0) is 18.8. The van der Waals surface area contributed by atoms with Gasteiger partial charge in [-0.1, -0.05) is 41.4 Å². The van der Waals surface area contributed by atoms with Crippen LogP contribution in [-0.2, 0) is 4.79 Å². The van der Waals surface area contributed by atoms with Crippen LogP contribution in [0.2, 0.25) is 5.02 Å². The molecular formula is C20H20ClN3O2. The number of nitrogens with one attached hydrogen (secondary N) is 3. The summed E-state index contributed by atoms with van der Waals surface area (Å²) in [7, 11) is 0. The van der Waals surface area contributed by atoms with Crippen molar-refractivity contribution >= 4 is 29.2 Å². The van der Waals surface area contributed by atoms with Gasteiger partial charge in [0, 0.05) is 16.4 Å². The zero-order valence-corrected chi connectivity index (χ0v) is 15.6. The van der Waals surface area contributed by atoms with Crippen molar-refractivity contribution in [3.05, 3.63) is 75.4 Å². The highest BCUT2D eigenvalue weighted by molar-refractivity contribution is 6.30. The van der Waals surface area contributed by atoms with Gasteiger partial charge in [0.1, 0.15) is 0 Å². The van der Waals surface area contributed by atoms with E-state index >= 15 is 0 Å². The summed E-state index contributed by atoms with van der Waals surface area (Å²) in [4.78, 5) is 24.9. The van der Waals surface area contributed by atoms with E-state index in [9.17, 15) is 9.59 Å². The molecule has 6 heteroatoms. The van der Waals surface area contributed by atoms with Crippen LogP contribution in [0.5, 0.6) is 0 Å². The second kappa shape index (κ2) is 7.22. The Labute approximate surface area is 157 Å². The molecule has 0 saturated carbocycles. The Kier molecular flexibility index (Phi) is 5.00. The van der Waals surface area contributed by atoms with Crippen molar-refractivity contribution in [1.29, 1.82) is 0 Å². The fourth-order valence-electron chi connectivity index (χ4n) is 3.04. The molecule has 1 aliphatic rings. The number of rotatable bonds is 3. The first-order valence-electron chi connectivity index (χ1n) is 8.27. The average molecular weight is 370 g/mol. The van der Waals surface area contributed by atoms with Gasteiger partial charge in [-0.2, -0.15) is 0 Å². The van der Waals surface area contributed by atoms with Crippen LogP contribution < -0.4 is 16.0 Å². The fraction of sp³-hybridized carbons (Fsp3) is 0.200. The molecule has 0 saturated heterocycles. The largest absolute Gasteiger partial charge is 0.327 e. The number of hydrogen-bond acceptors (Lipinski definition) is 2. The lowest BCUT2D eigenvalue weighted by Gasteiger charge is -2.29. The Morgan fingerprint density at radius 2 is 1.77 bits per heavy atom. The van der Waals surface area contributed by atoms with E-state index in [1.807, 2.05) is 32.0 Å². The number of urea groups is 1. The van der Waals surface area contributed by atoms with E-state index in [0.717, 1.165) is 22.4 Å². The first-order chi connectivity index (χ1) is 12.3. The third-order valence-corrected chi connectivity index (χ3v) is 4.60. The predicted octanol–water partition coefficient (Wildman–Crippen LogP) is 4.22. The first-order valence-corrected chi connectivity index (χ1v) is 8.65. The number of benzene rings is 2. The standard InChI is InChI=1S/C20H20ClN3O2/c1-11-4-9-16(12(2)10-11)23-19(25)17-13(3)22-20(26)24-18(17)14-5-7-15(21)8-6-14/h4-10,18H,1-3H3,(H,23,25)(H2,22,24,26)/t18-/m0/s1. The molecule has 1 aliphatic heterocycles. The number of aryl methyl sites for hydroxylation is 2. The van der Waals surface area contributed by atoms with E-state index in [4.69, 9.17) is 11.6 Å². The average Bonchev–Trinajstić information content (AvgIpc) is 2.57. The SMILES string of the molecule is CC1=C(C(=O)Nc2ccc(C)cc2C)[C@H](c2ccc(Cl)cc2)NC(=O)N1. The summed E-state index contributed by atoms with van der Waals surface area (Å²) in [5.41, 5.74) is 4.62. The lowest BCUT2D eigenvalue weighted by molar-refractivity contribution is -0.113. The number of carbonyl (C=O) groups excluding carboxylic acids is 2. The molecule has 1 atom stereocenters. The van der Waals surface area contributed by atoms with Crippen molar-refractivity contribution in [3.8, 4) is 0 Å². The minimum absolute atomic E-state index is 0.262. The zero-order valence-electron chi connectivity index (χ0n) is 14.8. The number of anilines is 1. The normalized spacial score (nSPS) is 16.8.